The van der Waals surface area contributed by atoms with Gasteiger partial charge in [0.05, 0.1) is 10.7 Å². The normalized spacial score (nSPS) is 12.7. The minimum Gasteiger partial charge on any atom is -0.312 e. The van der Waals surface area contributed by atoms with E-state index in [9.17, 15) is 0 Å². The van der Waals surface area contributed by atoms with Crippen molar-refractivity contribution in [3.8, 4) is 0 Å². The second-order valence-electron chi connectivity index (χ2n) is 5.71. The Morgan fingerprint density at radius 2 is 1.76 bits per heavy atom. The molecule has 1 atom stereocenters. The lowest BCUT2D eigenvalue weighted by Crippen LogP contribution is -2.21. The SMILES string of the molecule is CNC(CSc1cc(C)nn1C)c1c(C)cc(C)cc1C. The summed E-state index contributed by atoms with van der Waals surface area (Å²) in [6.07, 6.45) is 0. The van der Waals surface area contributed by atoms with Crippen LogP contribution in [0.25, 0.3) is 0 Å². The van der Waals surface area contributed by atoms with Crippen LogP contribution < -0.4 is 5.32 Å². The van der Waals surface area contributed by atoms with Crippen molar-refractivity contribution in [1.29, 1.82) is 0 Å². The van der Waals surface area contributed by atoms with Crippen molar-refractivity contribution in [2.75, 3.05) is 12.8 Å². The highest BCUT2D eigenvalue weighted by Crippen LogP contribution is 2.29. The van der Waals surface area contributed by atoms with E-state index in [1.807, 2.05) is 37.5 Å². The van der Waals surface area contributed by atoms with Crippen LogP contribution in [0, 0.1) is 27.7 Å². The average molecular weight is 303 g/mol. The first-order valence-electron chi connectivity index (χ1n) is 7.30. The number of hydrogen-bond donors (Lipinski definition) is 1. The second kappa shape index (κ2) is 6.67. The molecule has 0 fully saturated rings. The largest absolute Gasteiger partial charge is 0.312 e. The summed E-state index contributed by atoms with van der Waals surface area (Å²) >= 11 is 1.85. The van der Waals surface area contributed by atoms with Gasteiger partial charge < -0.3 is 5.32 Å². The van der Waals surface area contributed by atoms with Gasteiger partial charge in [-0.15, -0.1) is 11.8 Å². The van der Waals surface area contributed by atoms with E-state index in [1.165, 1.54) is 27.3 Å². The standard InChI is InChI=1S/C17H25N3S/c1-11-7-12(2)17(13(3)8-11)15(18-5)10-21-16-9-14(4)19-20(16)6/h7-9,15,18H,10H2,1-6H3. The fourth-order valence-corrected chi connectivity index (χ4v) is 4.09. The number of hydrogen-bond acceptors (Lipinski definition) is 3. The van der Waals surface area contributed by atoms with Gasteiger partial charge in [-0.3, -0.25) is 4.68 Å². The highest BCUT2D eigenvalue weighted by Gasteiger charge is 2.16. The average Bonchev–Trinajstić information content (AvgIpc) is 2.70. The first-order chi connectivity index (χ1) is 9.92. The number of rotatable bonds is 5. The Kier molecular flexibility index (Phi) is 5.12. The molecule has 3 nitrogen and oxygen atoms in total. The van der Waals surface area contributed by atoms with E-state index in [2.05, 4.69) is 49.4 Å². The Hall–Kier alpha value is -1.26. The molecule has 1 heterocycles. The van der Waals surface area contributed by atoms with Gasteiger partial charge in [0.25, 0.3) is 0 Å². The third kappa shape index (κ3) is 3.69. The maximum atomic E-state index is 4.41. The molecule has 1 aromatic heterocycles. The first-order valence-corrected chi connectivity index (χ1v) is 8.29. The number of thioether (sulfide) groups is 1. The van der Waals surface area contributed by atoms with Crippen LogP contribution >= 0.6 is 11.8 Å². The van der Waals surface area contributed by atoms with Crippen molar-refractivity contribution in [2.24, 2.45) is 7.05 Å². The monoisotopic (exact) mass is 303 g/mol. The smallest absolute Gasteiger partial charge is 0.0939 e. The molecule has 21 heavy (non-hydrogen) atoms. The van der Waals surface area contributed by atoms with Gasteiger partial charge in [-0.25, -0.2) is 0 Å². The molecule has 2 rings (SSSR count). The zero-order chi connectivity index (χ0) is 15.6. The Morgan fingerprint density at radius 1 is 1.14 bits per heavy atom. The minimum atomic E-state index is 0.353. The number of aryl methyl sites for hydroxylation is 5. The summed E-state index contributed by atoms with van der Waals surface area (Å²) in [4.78, 5) is 0. The molecule has 0 aliphatic heterocycles. The van der Waals surface area contributed by atoms with Crippen molar-refractivity contribution < 1.29 is 0 Å². The molecule has 0 aliphatic carbocycles. The predicted molar refractivity (Wildman–Crippen MR) is 91.1 cm³/mol. The van der Waals surface area contributed by atoms with E-state index in [4.69, 9.17) is 0 Å². The van der Waals surface area contributed by atoms with Crippen molar-refractivity contribution in [2.45, 2.75) is 38.8 Å². The maximum Gasteiger partial charge on any atom is 0.0939 e. The molecule has 0 saturated heterocycles. The Morgan fingerprint density at radius 3 is 2.24 bits per heavy atom. The van der Waals surface area contributed by atoms with Gasteiger partial charge >= 0.3 is 0 Å². The van der Waals surface area contributed by atoms with Crippen LogP contribution in [0.5, 0.6) is 0 Å². The third-order valence-corrected chi connectivity index (χ3v) is 4.97. The summed E-state index contributed by atoms with van der Waals surface area (Å²) in [5.41, 5.74) is 6.57. The van der Waals surface area contributed by atoms with Crippen molar-refractivity contribution in [1.82, 2.24) is 15.1 Å². The molecule has 0 amide bonds. The summed E-state index contributed by atoms with van der Waals surface area (Å²) < 4.78 is 1.96. The summed E-state index contributed by atoms with van der Waals surface area (Å²) in [5.74, 6) is 1.00. The fourth-order valence-electron chi connectivity index (χ4n) is 2.94. The lowest BCUT2D eigenvalue weighted by Gasteiger charge is -2.21. The van der Waals surface area contributed by atoms with Crippen molar-refractivity contribution >= 4 is 11.8 Å². The van der Waals surface area contributed by atoms with Crippen LogP contribution in [0.1, 0.15) is 34.0 Å². The molecule has 0 saturated carbocycles. The lowest BCUT2D eigenvalue weighted by molar-refractivity contribution is 0.649. The molecule has 1 aromatic carbocycles. The maximum absolute atomic E-state index is 4.41. The van der Waals surface area contributed by atoms with Crippen LogP contribution in [0.4, 0.5) is 0 Å². The molecule has 4 heteroatoms. The Bertz CT molecular complexity index is 608. The Labute approximate surface area is 132 Å². The molecule has 0 spiro atoms. The number of nitrogens with one attached hydrogen (secondary N) is 1. The number of aromatic nitrogens is 2. The molecular weight excluding hydrogens is 278 g/mol. The Balaban J connectivity index is 2.19. The van der Waals surface area contributed by atoms with Gasteiger partial charge in [0.2, 0.25) is 0 Å². The predicted octanol–water partition coefficient (Wildman–Crippen LogP) is 3.71. The van der Waals surface area contributed by atoms with Gasteiger partial charge in [-0.05, 0) is 57.5 Å². The quantitative estimate of drug-likeness (QED) is 0.854. The topological polar surface area (TPSA) is 29.9 Å². The molecule has 2 aromatic rings. The second-order valence-corrected chi connectivity index (χ2v) is 6.75. The third-order valence-electron chi connectivity index (χ3n) is 3.79. The van der Waals surface area contributed by atoms with Crippen LogP contribution in [0.2, 0.25) is 0 Å². The molecule has 1 N–H and O–H groups in total. The van der Waals surface area contributed by atoms with Crippen molar-refractivity contribution in [3.05, 3.63) is 46.1 Å². The highest BCUT2D eigenvalue weighted by molar-refractivity contribution is 7.99. The van der Waals surface area contributed by atoms with E-state index in [-0.39, 0.29) is 0 Å². The van der Waals surface area contributed by atoms with Gasteiger partial charge in [0.15, 0.2) is 0 Å². The van der Waals surface area contributed by atoms with Crippen LogP contribution in [-0.2, 0) is 7.05 Å². The summed E-state index contributed by atoms with van der Waals surface area (Å²) in [6.45, 7) is 8.61. The molecular formula is C17H25N3S. The van der Waals surface area contributed by atoms with E-state index in [0.717, 1.165) is 11.4 Å². The molecule has 114 valence electrons. The van der Waals surface area contributed by atoms with Crippen LogP contribution in [0.15, 0.2) is 23.2 Å². The molecule has 1 unspecified atom stereocenters. The van der Waals surface area contributed by atoms with Crippen LogP contribution in [0.3, 0.4) is 0 Å². The summed E-state index contributed by atoms with van der Waals surface area (Å²) in [5, 5.41) is 9.09. The fraction of sp³-hybridized carbons (Fsp3) is 0.471. The first kappa shape index (κ1) is 16.1. The molecule has 0 radical (unpaired) electrons. The summed E-state index contributed by atoms with van der Waals surface area (Å²) in [6, 6.07) is 7.04. The zero-order valence-electron chi connectivity index (χ0n) is 13.8. The van der Waals surface area contributed by atoms with E-state index >= 15 is 0 Å². The van der Waals surface area contributed by atoms with Gasteiger partial charge in [0.1, 0.15) is 0 Å². The van der Waals surface area contributed by atoms with Gasteiger partial charge in [-0.1, -0.05) is 17.7 Å². The highest BCUT2D eigenvalue weighted by atomic mass is 32.2. The lowest BCUT2D eigenvalue weighted by atomic mass is 9.95. The molecule has 0 bridgehead atoms. The zero-order valence-corrected chi connectivity index (χ0v) is 14.6. The van der Waals surface area contributed by atoms with E-state index in [0.29, 0.717) is 6.04 Å². The number of nitrogens with zero attached hydrogens (tertiary/aromatic N) is 2. The molecule has 0 aliphatic rings. The van der Waals surface area contributed by atoms with E-state index < -0.39 is 0 Å². The number of benzene rings is 1. The van der Waals surface area contributed by atoms with Crippen LogP contribution in [-0.4, -0.2) is 22.6 Å². The van der Waals surface area contributed by atoms with E-state index in [1.54, 1.807) is 0 Å². The van der Waals surface area contributed by atoms with Gasteiger partial charge in [-0.2, -0.15) is 5.10 Å². The van der Waals surface area contributed by atoms with Crippen molar-refractivity contribution in [3.63, 3.8) is 0 Å². The summed E-state index contributed by atoms with van der Waals surface area (Å²) in [7, 11) is 4.05. The van der Waals surface area contributed by atoms with Gasteiger partial charge in [0, 0.05) is 18.8 Å². The minimum absolute atomic E-state index is 0.353.